The van der Waals surface area contributed by atoms with Gasteiger partial charge in [0, 0.05) is 12.6 Å². The van der Waals surface area contributed by atoms with Crippen molar-refractivity contribution >= 4 is 35.2 Å². The third-order valence-electron chi connectivity index (χ3n) is 4.49. The topological polar surface area (TPSA) is 127 Å². The summed E-state index contributed by atoms with van der Waals surface area (Å²) in [7, 11) is 1.59. The molecule has 1 aliphatic heterocycles. The molecule has 2 heterocycles. The number of nitrogens with one attached hydrogen (secondary N) is 2. The first-order valence-electron chi connectivity index (χ1n) is 9.45. The van der Waals surface area contributed by atoms with E-state index in [4.69, 9.17) is 4.74 Å². The van der Waals surface area contributed by atoms with Crippen LogP contribution in [0.4, 0.5) is 5.82 Å². The molecule has 2 N–H and O–H groups in total. The maximum absolute atomic E-state index is 12.3. The summed E-state index contributed by atoms with van der Waals surface area (Å²) in [4.78, 5) is 44.5. The van der Waals surface area contributed by atoms with Gasteiger partial charge in [0.25, 0.3) is 11.9 Å². The lowest BCUT2D eigenvalue weighted by atomic mass is 10.1. The zero-order valence-corrected chi connectivity index (χ0v) is 17.4. The van der Waals surface area contributed by atoms with Gasteiger partial charge in [-0.1, -0.05) is 18.7 Å². The van der Waals surface area contributed by atoms with Crippen LogP contribution in [0.3, 0.4) is 0 Å². The molecule has 0 spiro atoms. The molecule has 0 radical (unpaired) electrons. The van der Waals surface area contributed by atoms with Gasteiger partial charge in [-0.2, -0.15) is 14.8 Å². The lowest BCUT2D eigenvalue weighted by molar-refractivity contribution is -0.136. The summed E-state index contributed by atoms with van der Waals surface area (Å²) in [6.07, 6.45) is 0.552. The maximum Gasteiger partial charge on any atom is 0.314 e. The summed E-state index contributed by atoms with van der Waals surface area (Å²) in [5, 5.41) is 9.25. The first kappa shape index (κ1) is 21.6. The Morgan fingerprint density at radius 2 is 1.84 bits per heavy atom. The number of hydrogen-bond acceptors (Lipinski definition) is 6. The molecule has 0 bridgehead atoms. The molecule has 2 aromatic rings. The molecule has 1 aromatic carbocycles. The predicted octanol–water partition coefficient (Wildman–Crippen LogP) is 1.26. The van der Waals surface area contributed by atoms with Crippen LogP contribution in [-0.4, -0.2) is 52.8 Å². The SMILES string of the molecule is C=C1C(=O)N=C(n2nc(C)cc2NC(=O)C(=O)NCCc2ccc(OC)cc2)N=C1C. The maximum atomic E-state index is 12.3. The average molecular weight is 422 g/mol. The minimum absolute atomic E-state index is 0.0155. The van der Waals surface area contributed by atoms with Crippen LogP contribution in [0, 0.1) is 6.92 Å². The second-order valence-corrected chi connectivity index (χ2v) is 6.78. The van der Waals surface area contributed by atoms with Crippen molar-refractivity contribution in [1.82, 2.24) is 15.1 Å². The van der Waals surface area contributed by atoms with E-state index < -0.39 is 17.7 Å². The Balaban J connectivity index is 1.62. The number of hydrogen-bond donors (Lipinski definition) is 2. The smallest absolute Gasteiger partial charge is 0.314 e. The molecule has 0 atom stereocenters. The molecule has 0 fully saturated rings. The van der Waals surface area contributed by atoms with Crippen LogP contribution >= 0.6 is 0 Å². The van der Waals surface area contributed by atoms with Crippen molar-refractivity contribution in [2.75, 3.05) is 19.0 Å². The van der Waals surface area contributed by atoms with Gasteiger partial charge in [0.2, 0.25) is 0 Å². The molecule has 10 heteroatoms. The monoisotopic (exact) mass is 422 g/mol. The van der Waals surface area contributed by atoms with Crippen LogP contribution < -0.4 is 15.4 Å². The fourth-order valence-corrected chi connectivity index (χ4v) is 2.76. The number of aromatic nitrogens is 2. The number of carbonyl (C=O) groups is 3. The van der Waals surface area contributed by atoms with E-state index in [0.29, 0.717) is 17.8 Å². The molecule has 0 unspecified atom stereocenters. The van der Waals surface area contributed by atoms with E-state index in [1.165, 1.54) is 4.68 Å². The zero-order chi connectivity index (χ0) is 22.5. The summed E-state index contributed by atoms with van der Waals surface area (Å²) < 4.78 is 6.30. The quantitative estimate of drug-likeness (QED) is 0.554. The fraction of sp³-hybridized carbons (Fsp3) is 0.238. The largest absolute Gasteiger partial charge is 0.497 e. The molecular formula is C21H22N6O4. The molecule has 0 saturated carbocycles. The Bertz CT molecular complexity index is 1110. The molecule has 1 aromatic heterocycles. The normalized spacial score (nSPS) is 13.4. The Morgan fingerprint density at radius 1 is 1.13 bits per heavy atom. The molecule has 0 aliphatic carbocycles. The average Bonchev–Trinajstić information content (AvgIpc) is 3.12. The van der Waals surface area contributed by atoms with Crippen molar-refractivity contribution in [3.8, 4) is 5.75 Å². The summed E-state index contributed by atoms with van der Waals surface area (Å²) in [5.74, 6) is -1.31. The molecule has 10 nitrogen and oxygen atoms in total. The van der Waals surface area contributed by atoms with Crippen LogP contribution in [0.2, 0.25) is 0 Å². The molecule has 31 heavy (non-hydrogen) atoms. The summed E-state index contributed by atoms with van der Waals surface area (Å²) in [6, 6.07) is 8.96. The summed E-state index contributed by atoms with van der Waals surface area (Å²) in [5.41, 5.74) is 2.12. The highest BCUT2D eigenvalue weighted by Crippen LogP contribution is 2.15. The van der Waals surface area contributed by atoms with E-state index in [0.717, 1.165) is 11.3 Å². The van der Waals surface area contributed by atoms with Gasteiger partial charge in [-0.3, -0.25) is 14.4 Å². The van der Waals surface area contributed by atoms with Gasteiger partial charge in [-0.05, 0) is 38.0 Å². The van der Waals surface area contributed by atoms with Crippen molar-refractivity contribution in [2.45, 2.75) is 20.3 Å². The highest BCUT2D eigenvalue weighted by molar-refractivity contribution is 6.39. The second kappa shape index (κ2) is 9.16. The van der Waals surface area contributed by atoms with Crippen molar-refractivity contribution in [2.24, 2.45) is 9.98 Å². The van der Waals surface area contributed by atoms with E-state index in [1.54, 1.807) is 27.0 Å². The number of nitrogens with zero attached hydrogens (tertiary/aromatic N) is 4. The van der Waals surface area contributed by atoms with Crippen LogP contribution in [0.25, 0.3) is 0 Å². The lowest BCUT2D eigenvalue weighted by Crippen LogP contribution is -2.37. The molecular weight excluding hydrogens is 400 g/mol. The van der Waals surface area contributed by atoms with E-state index in [2.05, 4.69) is 32.3 Å². The number of anilines is 1. The standard InChI is InChI=1S/C21H22N6O4/c1-12-11-17(27(26-12)21-23-14(3)13(2)18(28)25-21)24-20(30)19(29)22-10-9-15-5-7-16(31-4)8-6-15/h5-8,11H,2,9-10H2,1,3-4H3,(H,22,29)(H,24,30). The number of aryl methyl sites for hydroxylation is 1. The Labute approximate surface area is 178 Å². The van der Waals surface area contributed by atoms with Gasteiger partial charge < -0.3 is 15.4 Å². The van der Waals surface area contributed by atoms with E-state index in [9.17, 15) is 14.4 Å². The Morgan fingerprint density at radius 3 is 2.48 bits per heavy atom. The van der Waals surface area contributed by atoms with Crippen LogP contribution in [0.15, 0.2) is 52.5 Å². The Hall–Kier alpha value is -4.08. The zero-order valence-electron chi connectivity index (χ0n) is 17.4. The highest BCUT2D eigenvalue weighted by Gasteiger charge is 2.22. The van der Waals surface area contributed by atoms with E-state index >= 15 is 0 Å². The number of carbonyl (C=O) groups excluding carboxylic acids is 3. The minimum Gasteiger partial charge on any atom is -0.497 e. The van der Waals surface area contributed by atoms with Crippen LogP contribution in [-0.2, 0) is 20.8 Å². The number of ether oxygens (including phenoxy) is 1. The first-order chi connectivity index (χ1) is 14.8. The molecule has 0 saturated heterocycles. The van der Waals surface area contributed by atoms with Gasteiger partial charge in [0.05, 0.1) is 24.1 Å². The van der Waals surface area contributed by atoms with E-state index in [1.807, 2.05) is 24.3 Å². The third-order valence-corrected chi connectivity index (χ3v) is 4.49. The molecule has 160 valence electrons. The number of amides is 3. The number of benzene rings is 1. The molecule has 1 aliphatic rings. The number of aliphatic imine (C=N–C) groups is 2. The van der Waals surface area contributed by atoms with Gasteiger partial charge in [-0.25, -0.2) is 4.99 Å². The second-order valence-electron chi connectivity index (χ2n) is 6.78. The molecule has 3 rings (SSSR count). The van der Waals surface area contributed by atoms with Gasteiger partial charge in [-0.15, -0.1) is 0 Å². The van der Waals surface area contributed by atoms with Crippen molar-refractivity contribution in [3.05, 3.63) is 53.7 Å². The van der Waals surface area contributed by atoms with Gasteiger partial charge in [0.15, 0.2) is 0 Å². The number of methoxy groups -OCH3 is 1. The number of rotatable bonds is 5. The van der Waals surface area contributed by atoms with Gasteiger partial charge >= 0.3 is 11.8 Å². The summed E-state index contributed by atoms with van der Waals surface area (Å²) >= 11 is 0. The fourth-order valence-electron chi connectivity index (χ4n) is 2.76. The molecule has 3 amide bonds. The highest BCUT2D eigenvalue weighted by atomic mass is 16.5. The van der Waals surface area contributed by atoms with Gasteiger partial charge in [0.1, 0.15) is 11.6 Å². The van der Waals surface area contributed by atoms with Crippen molar-refractivity contribution < 1.29 is 19.1 Å². The predicted molar refractivity (Wildman–Crippen MR) is 115 cm³/mol. The van der Waals surface area contributed by atoms with Crippen molar-refractivity contribution in [3.63, 3.8) is 0 Å². The van der Waals surface area contributed by atoms with E-state index in [-0.39, 0.29) is 23.9 Å². The van der Waals surface area contributed by atoms with Crippen LogP contribution in [0.1, 0.15) is 18.2 Å². The lowest BCUT2D eigenvalue weighted by Gasteiger charge is -2.12. The minimum atomic E-state index is -0.872. The first-order valence-corrected chi connectivity index (χ1v) is 9.45. The van der Waals surface area contributed by atoms with Crippen molar-refractivity contribution in [1.29, 1.82) is 0 Å². The summed E-state index contributed by atoms with van der Waals surface area (Å²) in [6.45, 7) is 7.22. The third kappa shape index (κ3) is 5.10. The Kier molecular flexibility index (Phi) is 6.39. The van der Waals surface area contributed by atoms with Crippen LogP contribution in [0.5, 0.6) is 5.75 Å².